The minimum atomic E-state index is -0.679. The van der Waals surface area contributed by atoms with E-state index in [9.17, 15) is 9.59 Å². The van der Waals surface area contributed by atoms with Gasteiger partial charge in [0.25, 0.3) is 0 Å². The van der Waals surface area contributed by atoms with Crippen LogP contribution in [0.1, 0.15) is 25.1 Å². The Bertz CT molecular complexity index is 708. The van der Waals surface area contributed by atoms with Gasteiger partial charge >= 0.3 is 6.09 Å². The van der Waals surface area contributed by atoms with Gasteiger partial charge in [-0.3, -0.25) is 9.89 Å². The number of thiophene rings is 1. The zero-order valence-electron chi connectivity index (χ0n) is 14.2. The van der Waals surface area contributed by atoms with Crippen LogP contribution in [-0.4, -0.2) is 35.3 Å². The predicted octanol–water partition coefficient (Wildman–Crippen LogP) is 3.16. The van der Waals surface area contributed by atoms with Gasteiger partial charge < -0.3 is 15.4 Å². The van der Waals surface area contributed by atoms with Crippen LogP contribution in [0.25, 0.3) is 10.6 Å². The summed E-state index contributed by atoms with van der Waals surface area (Å²) in [6.45, 7) is 5.98. The summed E-state index contributed by atoms with van der Waals surface area (Å²) in [4.78, 5) is 26.1. The Morgan fingerprint density at radius 1 is 1.38 bits per heavy atom. The zero-order chi connectivity index (χ0) is 17.7. The summed E-state index contributed by atoms with van der Waals surface area (Å²) >= 11 is 1.64. The molecular formula is C16H22N4O3S. The fraction of sp³-hybridized carbons (Fsp3) is 0.438. The van der Waals surface area contributed by atoms with Crippen molar-refractivity contribution in [2.75, 3.05) is 12.4 Å². The number of amides is 2. The van der Waals surface area contributed by atoms with Gasteiger partial charge in [0.15, 0.2) is 5.82 Å². The molecule has 3 N–H and O–H groups in total. The number of methoxy groups -OCH3 is 1. The molecule has 0 radical (unpaired) electrons. The third-order valence-corrected chi connectivity index (χ3v) is 4.37. The van der Waals surface area contributed by atoms with Crippen LogP contribution in [0, 0.1) is 12.8 Å². The van der Waals surface area contributed by atoms with Crippen LogP contribution in [0.3, 0.4) is 0 Å². The summed E-state index contributed by atoms with van der Waals surface area (Å²) in [7, 11) is 1.27. The van der Waals surface area contributed by atoms with Gasteiger partial charge in [0.2, 0.25) is 5.91 Å². The van der Waals surface area contributed by atoms with E-state index in [1.165, 1.54) is 12.0 Å². The summed E-state index contributed by atoms with van der Waals surface area (Å²) in [5.41, 5.74) is 0.838. The Morgan fingerprint density at radius 3 is 2.71 bits per heavy atom. The fourth-order valence-corrected chi connectivity index (χ4v) is 3.04. The predicted molar refractivity (Wildman–Crippen MR) is 94.1 cm³/mol. The van der Waals surface area contributed by atoms with Crippen molar-refractivity contribution in [3.05, 3.63) is 23.1 Å². The molecule has 2 rings (SSSR count). The first-order valence-corrected chi connectivity index (χ1v) is 8.48. The molecule has 0 aliphatic rings. The first-order chi connectivity index (χ1) is 11.4. The van der Waals surface area contributed by atoms with E-state index in [2.05, 4.69) is 25.6 Å². The lowest BCUT2D eigenvalue weighted by Gasteiger charge is -2.18. The van der Waals surface area contributed by atoms with Crippen molar-refractivity contribution in [3.63, 3.8) is 0 Å². The minimum absolute atomic E-state index is 0.238. The Hall–Kier alpha value is -2.35. The first kappa shape index (κ1) is 18.0. The Morgan fingerprint density at radius 2 is 2.12 bits per heavy atom. The second-order valence-electron chi connectivity index (χ2n) is 5.88. The smallest absolute Gasteiger partial charge is 0.407 e. The van der Waals surface area contributed by atoms with Crippen LogP contribution in [0.4, 0.5) is 10.6 Å². The number of ether oxygens (including phenoxy) is 1. The summed E-state index contributed by atoms with van der Waals surface area (Å²) < 4.78 is 4.58. The number of aromatic amines is 1. The number of nitrogens with one attached hydrogen (secondary N) is 3. The highest BCUT2D eigenvalue weighted by atomic mass is 32.1. The number of alkyl carbamates (subject to hydrolysis) is 1. The van der Waals surface area contributed by atoms with Crippen molar-refractivity contribution in [3.8, 4) is 10.6 Å². The molecule has 0 unspecified atom stereocenters. The lowest BCUT2D eigenvalue weighted by molar-refractivity contribution is -0.118. The van der Waals surface area contributed by atoms with Gasteiger partial charge in [-0.15, -0.1) is 11.3 Å². The number of carbonyl (C=O) groups is 2. The monoisotopic (exact) mass is 350 g/mol. The highest BCUT2D eigenvalue weighted by molar-refractivity contribution is 7.15. The highest BCUT2D eigenvalue weighted by Gasteiger charge is 2.23. The standard InChI is InChI=1S/C16H22N4O3S/c1-9(2)7-12(17-16(22)23-4)15(21)18-14-8-11(19-20-14)13-6-5-10(3)24-13/h5-6,8-9,12H,7H2,1-4H3,(H,17,22)(H2,18,19,20,21)/t12-/m1/s1. The van der Waals surface area contributed by atoms with Crippen molar-refractivity contribution >= 4 is 29.2 Å². The summed E-state index contributed by atoms with van der Waals surface area (Å²) in [5.74, 6) is 0.331. The number of hydrogen-bond donors (Lipinski definition) is 3. The van der Waals surface area contributed by atoms with Crippen molar-refractivity contribution in [2.45, 2.75) is 33.2 Å². The van der Waals surface area contributed by atoms with Crippen LogP contribution in [0.5, 0.6) is 0 Å². The average Bonchev–Trinajstić information content (AvgIpc) is 3.14. The van der Waals surface area contributed by atoms with E-state index in [-0.39, 0.29) is 11.8 Å². The molecule has 2 aromatic heterocycles. The molecule has 2 amide bonds. The van der Waals surface area contributed by atoms with Gasteiger partial charge in [0, 0.05) is 10.9 Å². The lowest BCUT2D eigenvalue weighted by Crippen LogP contribution is -2.44. The van der Waals surface area contributed by atoms with Crippen molar-refractivity contribution in [2.24, 2.45) is 5.92 Å². The third-order valence-electron chi connectivity index (χ3n) is 3.34. The van der Waals surface area contributed by atoms with Crippen molar-refractivity contribution in [1.82, 2.24) is 15.5 Å². The minimum Gasteiger partial charge on any atom is -0.453 e. The summed E-state index contributed by atoms with van der Waals surface area (Å²) in [5, 5.41) is 12.3. The number of aromatic nitrogens is 2. The third kappa shape index (κ3) is 4.82. The van der Waals surface area contributed by atoms with Crippen LogP contribution >= 0.6 is 11.3 Å². The molecule has 130 valence electrons. The Kier molecular flexibility index (Phi) is 5.97. The second kappa shape index (κ2) is 7.96. The number of anilines is 1. The number of nitrogens with zero attached hydrogens (tertiary/aromatic N) is 1. The van der Waals surface area contributed by atoms with E-state index in [4.69, 9.17) is 0 Å². The SMILES string of the molecule is COC(=O)N[C@H](CC(C)C)C(=O)Nc1cc(-c2ccc(C)s2)[nH]n1. The van der Waals surface area contributed by atoms with Crippen molar-refractivity contribution in [1.29, 1.82) is 0 Å². The molecule has 0 saturated carbocycles. The van der Waals surface area contributed by atoms with Gasteiger partial charge in [-0.25, -0.2) is 4.79 Å². The van der Waals surface area contributed by atoms with Gasteiger partial charge in [-0.1, -0.05) is 13.8 Å². The van der Waals surface area contributed by atoms with Crippen LogP contribution in [0.2, 0.25) is 0 Å². The Balaban J connectivity index is 2.06. The number of hydrogen-bond acceptors (Lipinski definition) is 5. The number of carbonyl (C=O) groups excluding carboxylic acids is 2. The molecule has 0 aromatic carbocycles. The molecule has 24 heavy (non-hydrogen) atoms. The molecule has 0 aliphatic carbocycles. The Labute approximate surface area is 144 Å². The molecule has 0 aliphatic heterocycles. The largest absolute Gasteiger partial charge is 0.453 e. The molecule has 0 spiro atoms. The second-order valence-corrected chi connectivity index (χ2v) is 7.17. The molecule has 1 atom stereocenters. The van der Waals surface area contributed by atoms with E-state index in [0.29, 0.717) is 12.2 Å². The van der Waals surface area contributed by atoms with E-state index >= 15 is 0 Å². The van der Waals surface area contributed by atoms with Crippen molar-refractivity contribution < 1.29 is 14.3 Å². The number of aryl methyl sites for hydroxylation is 1. The molecule has 2 aromatic rings. The zero-order valence-corrected chi connectivity index (χ0v) is 15.0. The lowest BCUT2D eigenvalue weighted by atomic mass is 10.0. The maximum Gasteiger partial charge on any atom is 0.407 e. The maximum atomic E-state index is 12.4. The molecule has 0 fully saturated rings. The van der Waals surface area contributed by atoms with E-state index < -0.39 is 12.1 Å². The summed E-state index contributed by atoms with van der Waals surface area (Å²) in [6, 6.07) is 5.12. The molecule has 7 nitrogen and oxygen atoms in total. The first-order valence-electron chi connectivity index (χ1n) is 7.66. The van der Waals surface area contributed by atoms with Crippen LogP contribution in [-0.2, 0) is 9.53 Å². The molecule has 8 heteroatoms. The van der Waals surface area contributed by atoms with Gasteiger partial charge in [-0.2, -0.15) is 5.10 Å². The highest BCUT2D eigenvalue weighted by Crippen LogP contribution is 2.27. The molecule has 0 bridgehead atoms. The van der Waals surface area contributed by atoms with Crippen LogP contribution in [0.15, 0.2) is 18.2 Å². The molecule has 0 saturated heterocycles. The fourth-order valence-electron chi connectivity index (χ4n) is 2.21. The van der Waals surface area contributed by atoms with Gasteiger partial charge in [0.1, 0.15) is 6.04 Å². The van der Waals surface area contributed by atoms with Gasteiger partial charge in [0.05, 0.1) is 17.7 Å². The van der Waals surface area contributed by atoms with E-state index in [0.717, 1.165) is 10.6 Å². The average molecular weight is 350 g/mol. The van der Waals surface area contributed by atoms with Gasteiger partial charge in [-0.05, 0) is 31.4 Å². The topological polar surface area (TPSA) is 96.1 Å². The van der Waals surface area contributed by atoms with E-state index in [1.807, 2.05) is 32.9 Å². The maximum absolute atomic E-state index is 12.4. The number of rotatable bonds is 6. The van der Waals surface area contributed by atoms with E-state index in [1.54, 1.807) is 17.4 Å². The molecular weight excluding hydrogens is 328 g/mol. The normalized spacial score (nSPS) is 12.0. The number of H-pyrrole nitrogens is 1. The van der Waals surface area contributed by atoms with Crippen LogP contribution < -0.4 is 10.6 Å². The summed E-state index contributed by atoms with van der Waals surface area (Å²) in [6.07, 6.45) is -0.130. The quantitative estimate of drug-likeness (QED) is 0.745. The molecule has 2 heterocycles.